The zero-order valence-corrected chi connectivity index (χ0v) is 9.22. The first-order valence-corrected chi connectivity index (χ1v) is 5.20. The van der Waals surface area contributed by atoms with Crippen LogP contribution >= 0.6 is 0 Å². The highest BCUT2D eigenvalue weighted by molar-refractivity contribution is 5.78. The van der Waals surface area contributed by atoms with Crippen molar-refractivity contribution in [1.29, 1.82) is 0 Å². The van der Waals surface area contributed by atoms with Gasteiger partial charge in [-0.1, -0.05) is 18.2 Å². The summed E-state index contributed by atoms with van der Waals surface area (Å²) in [5, 5.41) is 2.64. The van der Waals surface area contributed by atoms with Crippen LogP contribution in [0, 0.1) is 0 Å². The number of nitrogens with one attached hydrogen (secondary N) is 1. The Bertz CT molecular complexity index is 344. The van der Waals surface area contributed by atoms with E-state index in [4.69, 9.17) is 0 Å². The molecule has 0 aliphatic heterocycles. The van der Waals surface area contributed by atoms with E-state index in [1.807, 2.05) is 6.92 Å². The van der Waals surface area contributed by atoms with E-state index in [9.17, 15) is 13.6 Å². The standard InChI is InChI=1S/C12H15F2NO/c1-2-15-12(16)6-9-3-10(7-13)5-11(4-9)8-14/h3-5H,2,6-8H2,1H3,(H,15,16). The second kappa shape index (κ2) is 6.20. The quantitative estimate of drug-likeness (QED) is 0.821. The second-order valence-corrected chi connectivity index (χ2v) is 3.56. The summed E-state index contributed by atoms with van der Waals surface area (Å²) in [4.78, 5) is 11.3. The fourth-order valence-corrected chi connectivity index (χ4v) is 1.54. The lowest BCUT2D eigenvalue weighted by atomic mass is 10.0. The van der Waals surface area contributed by atoms with Gasteiger partial charge in [0.25, 0.3) is 0 Å². The van der Waals surface area contributed by atoms with Crippen LogP contribution < -0.4 is 5.32 Å². The van der Waals surface area contributed by atoms with Gasteiger partial charge < -0.3 is 5.32 Å². The van der Waals surface area contributed by atoms with Gasteiger partial charge in [-0.25, -0.2) is 8.78 Å². The number of carbonyl (C=O) groups excluding carboxylic acids is 1. The lowest BCUT2D eigenvalue weighted by Crippen LogP contribution is -2.24. The summed E-state index contributed by atoms with van der Waals surface area (Å²) in [6.45, 7) is 1.09. The summed E-state index contributed by atoms with van der Waals surface area (Å²) in [6, 6.07) is 4.66. The van der Waals surface area contributed by atoms with Crippen LogP contribution in [0.15, 0.2) is 18.2 Å². The summed E-state index contributed by atoms with van der Waals surface area (Å²) < 4.78 is 25.0. The number of amides is 1. The van der Waals surface area contributed by atoms with E-state index >= 15 is 0 Å². The molecule has 1 aromatic rings. The molecular formula is C12H15F2NO. The van der Waals surface area contributed by atoms with Gasteiger partial charge in [0.2, 0.25) is 5.91 Å². The van der Waals surface area contributed by atoms with Crippen molar-refractivity contribution < 1.29 is 13.6 Å². The third kappa shape index (κ3) is 3.61. The van der Waals surface area contributed by atoms with Gasteiger partial charge in [0.05, 0.1) is 6.42 Å². The Morgan fingerprint density at radius 1 is 1.12 bits per heavy atom. The maximum absolute atomic E-state index is 12.5. The molecule has 1 aromatic carbocycles. The minimum atomic E-state index is -0.643. The Hall–Kier alpha value is -1.45. The monoisotopic (exact) mass is 227 g/mol. The van der Waals surface area contributed by atoms with Crippen molar-refractivity contribution in [3.63, 3.8) is 0 Å². The molecule has 0 heterocycles. The largest absolute Gasteiger partial charge is 0.356 e. The van der Waals surface area contributed by atoms with Gasteiger partial charge in [0.1, 0.15) is 13.3 Å². The third-order valence-corrected chi connectivity index (χ3v) is 2.16. The first kappa shape index (κ1) is 12.6. The van der Waals surface area contributed by atoms with Crippen molar-refractivity contribution in [1.82, 2.24) is 5.32 Å². The molecule has 16 heavy (non-hydrogen) atoms. The first-order valence-electron chi connectivity index (χ1n) is 5.20. The number of carbonyl (C=O) groups is 1. The van der Waals surface area contributed by atoms with Crippen LogP contribution in [-0.2, 0) is 24.6 Å². The van der Waals surface area contributed by atoms with Crippen molar-refractivity contribution in [2.24, 2.45) is 0 Å². The molecule has 0 aliphatic carbocycles. The van der Waals surface area contributed by atoms with E-state index in [1.54, 1.807) is 12.1 Å². The van der Waals surface area contributed by atoms with Crippen molar-refractivity contribution in [2.45, 2.75) is 26.7 Å². The minimum absolute atomic E-state index is 0.136. The van der Waals surface area contributed by atoms with Gasteiger partial charge in [0.15, 0.2) is 0 Å². The lowest BCUT2D eigenvalue weighted by molar-refractivity contribution is -0.120. The summed E-state index contributed by atoms with van der Waals surface area (Å²) in [7, 11) is 0. The normalized spacial score (nSPS) is 10.2. The third-order valence-electron chi connectivity index (χ3n) is 2.16. The van der Waals surface area contributed by atoms with Gasteiger partial charge in [-0.2, -0.15) is 0 Å². The highest BCUT2D eigenvalue weighted by Gasteiger charge is 2.05. The minimum Gasteiger partial charge on any atom is -0.356 e. The molecular weight excluding hydrogens is 212 g/mol. The second-order valence-electron chi connectivity index (χ2n) is 3.56. The molecule has 0 radical (unpaired) electrons. The summed E-state index contributed by atoms with van der Waals surface area (Å²) in [6.07, 6.45) is 0.161. The average molecular weight is 227 g/mol. The zero-order valence-electron chi connectivity index (χ0n) is 9.22. The van der Waals surface area contributed by atoms with Crippen molar-refractivity contribution >= 4 is 5.91 Å². The highest BCUT2D eigenvalue weighted by atomic mass is 19.1. The van der Waals surface area contributed by atoms with Crippen LogP contribution in [0.3, 0.4) is 0 Å². The predicted molar refractivity (Wildman–Crippen MR) is 58.5 cm³/mol. The molecule has 2 nitrogen and oxygen atoms in total. The predicted octanol–water partition coefficient (Wildman–Crippen LogP) is 2.30. The number of benzene rings is 1. The van der Waals surface area contributed by atoms with Crippen molar-refractivity contribution in [3.05, 3.63) is 34.9 Å². The van der Waals surface area contributed by atoms with E-state index in [2.05, 4.69) is 5.32 Å². The SMILES string of the molecule is CCNC(=O)Cc1cc(CF)cc(CF)c1. The van der Waals surface area contributed by atoms with E-state index in [-0.39, 0.29) is 12.3 Å². The van der Waals surface area contributed by atoms with Crippen LogP contribution in [0.2, 0.25) is 0 Å². The molecule has 0 saturated carbocycles. The number of hydrogen-bond donors (Lipinski definition) is 1. The molecule has 4 heteroatoms. The molecule has 0 atom stereocenters. The fourth-order valence-electron chi connectivity index (χ4n) is 1.54. The summed E-state index contributed by atoms with van der Waals surface area (Å²) in [5.74, 6) is -0.136. The smallest absolute Gasteiger partial charge is 0.224 e. The molecule has 1 rings (SSSR count). The summed E-state index contributed by atoms with van der Waals surface area (Å²) in [5.41, 5.74) is 1.47. The van der Waals surface area contributed by atoms with Crippen LogP contribution in [-0.4, -0.2) is 12.5 Å². The molecule has 0 spiro atoms. The maximum Gasteiger partial charge on any atom is 0.224 e. The van der Waals surface area contributed by atoms with Gasteiger partial charge >= 0.3 is 0 Å². The fraction of sp³-hybridized carbons (Fsp3) is 0.417. The first-order chi connectivity index (χ1) is 7.69. The molecule has 0 aromatic heterocycles. The number of hydrogen-bond acceptors (Lipinski definition) is 1. The Morgan fingerprint density at radius 2 is 1.62 bits per heavy atom. The number of halogens is 2. The van der Waals surface area contributed by atoms with Gasteiger partial charge in [-0.05, 0) is 23.6 Å². The summed E-state index contributed by atoms with van der Waals surface area (Å²) >= 11 is 0. The van der Waals surface area contributed by atoms with Crippen molar-refractivity contribution in [3.8, 4) is 0 Å². The average Bonchev–Trinajstić information content (AvgIpc) is 2.28. The Morgan fingerprint density at radius 3 is 2.06 bits per heavy atom. The molecule has 0 fully saturated rings. The molecule has 1 amide bonds. The number of rotatable bonds is 5. The Labute approximate surface area is 93.7 Å². The molecule has 0 aliphatic rings. The Balaban J connectivity index is 2.82. The molecule has 0 unspecified atom stereocenters. The van der Waals surface area contributed by atoms with Crippen LogP contribution in [0.4, 0.5) is 8.78 Å². The Kier molecular flexibility index (Phi) is 4.89. The van der Waals surface area contributed by atoms with Crippen LogP contribution in [0.5, 0.6) is 0 Å². The number of alkyl halides is 2. The molecule has 0 bridgehead atoms. The van der Waals surface area contributed by atoms with Crippen LogP contribution in [0.25, 0.3) is 0 Å². The van der Waals surface area contributed by atoms with E-state index in [1.165, 1.54) is 6.07 Å². The topological polar surface area (TPSA) is 29.1 Å². The van der Waals surface area contributed by atoms with Crippen LogP contribution in [0.1, 0.15) is 23.6 Å². The maximum atomic E-state index is 12.5. The molecule has 1 N–H and O–H groups in total. The van der Waals surface area contributed by atoms with E-state index in [0.29, 0.717) is 23.2 Å². The number of likely N-dealkylation sites (N-methyl/N-ethyl adjacent to an activating group) is 1. The van der Waals surface area contributed by atoms with Gasteiger partial charge in [0, 0.05) is 6.54 Å². The van der Waals surface area contributed by atoms with E-state index < -0.39 is 13.3 Å². The highest BCUT2D eigenvalue weighted by Crippen LogP contribution is 2.13. The molecule has 88 valence electrons. The lowest BCUT2D eigenvalue weighted by Gasteiger charge is -2.06. The molecule has 0 saturated heterocycles. The van der Waals surface area contributed by atoms with E-state index in [0.717, 1.165) is 0 Å². The van der Waals surface area contributed by atoms with Crippen molar-refractivity contribution in [2.75, 3.05) is 6.54 Å². The van der Waals surface area contributed by atoms with Gasteiger partial charge in [-0.3, -0.25) is 4.79 Å². The van der Waals surface area contributed by atoms with Gasteiger partial charge in [-0.15, -0.1) is 0 Å². The zero-order chi connectivity index (χ0) is 12.0.